The number of hydrogen-bond donors (Lipinski definition) is 0. The highest BCUT2D eigenvalue weighted by Crippen LogP contribution is 2.48. The highest BCUT2D eigenvalue weighted by Gasteiger charge is 2.35. The zero-order valence-corrected chi connectivity index (χ0v) is 13.7. The normalized spacial score (nSPS) is 21.9. The lowest BCUT2D eigenvalue weighted by molar-refractivity contribution is -0.105. The molecule has 0 aliphatic heterocycles. The molecule has 0 aromatic heterocycles. The second-order valence-electron chi connectivity index (χ2n) is 6.46. The van der Waals surface area contributed by atoms with Gasteiger partial charge in [-0.05, 0) is 58.7 Å². The number of aldehydes is 1. The number of carbonyl (C=O) groups is 1. The molecular weight excluding hydrogens is 296 g/mol. The molecule has 4 rings (SSSR count). The Morgan fingerprint density at radius 1 is 1.04 bits per heavy atom. The van der Waals surface area contributed by atoms with Crippen molar-refractivity contribution in [2.45, 2.75) is 18.8 Å². The second kappa shape index (κ2) is 6.12. The molecule has 0 heterocycles. The Bertz CT molecular complexity index is 827. The summed E-state index contributed by atoms with van der Waals surface area (Å²) in [6, 6.07) is 16.8. The molecule has 0 bridgehead atoms. The first-order valence-electron chi connectivity index (χ1n) is 8.41. The van der Waals surface area contributed by atoms with E-state index in [9.17, 15) is 4.79 Å². The van der Waals surface area contributed by atoms with E-state index in [4.69, 9.17) is 4.74 Å². The van der Waals surface area contributed by atoms with E-state index in [2.05, 4.69) is 42.5 Å². The van der Waals surface area contributed by atoms with Crippen LogP contribution in [0.1, 0.15) is 29.0 Å². The molecule has 2 heteroatoms. The predicted molar refractivity (Wildman–Crippen MR) is 96.1 cm³/mol. The van der Waals surface area contributed by atoms with Gasteiger partial charge in [-0.1, -0.05) is 48.6 Å². The lowest BCUT2D eigenvalue weighted by Crippen LogP contribution is -2.24. The van der Waals surface area contributed by atoms with E-state index in [0.29, 0.717) is 5.92 Å². The van der Waals surface area contributed by atoms with Crippen LogP contribution in [0, 0.1) is 5.92 Å². The standard InChI is InChI=1S/C22H20O2/c1-24-18-10-6-16(7-11-18)22-17(14-23)9-12-20-19-5-3-2-4-15(19)8-13-21(20)22/h2-7,9-12,14,21-22H,8,13H2,1H3/t21-,22-/m1/s1. The van der Waals surface area contributed by atoms with Gasteiger partial charge in [0.15, 0.2) is 0 Å². The maximum Gasteiger partial charge on any atom is 0.146 e. The number of aryl methyl sites for hydroxylation is 1. The van der Waals surface area contributed by atoms with Gasteiger partial charge in [0.2, 0.25) is 0 Å². The summed E-state index contributed by atoms with van der Waals surface area (Å²) in [6.45, 7) is 0. The summed E-state index contributed by atoms with van der Waals surface area (Å²) >= 11 is 0. The SMILES string of the molecule is COc1ccc([C@@H]2C(C=O)=CC=C3c4ccccc4CC[C@H]32)cc1. The molecule has 2 nitrogen and oxygen atoms in total. The Morgan fingerprint density at radius 3 is 2.58 bits per heavy atom. The fraction of sp³-hybridized carbons (Fsp3) is 0.227. The molecule has 2 atom stereocenters. The van der Waals surface area contributed by atoms with Crippen molar-refractivity contribution in [1.29, 1.82) is 0 Å². The van der Waals surface area contributed by atoms with E-state index in [1.165, 1.54) is 22.3 Å². The lowest BCUT2D eigenvalue weighted by Gasteiger charge is -2.37. The molecule has 24 heavy (non-hydrogen) atoms. The molecular formula is C22H20O2. The highest BCUT2D eigenvalue weighted by atomic mass is 16.5. The van der Waals surface area contributed by atoms with Gasteiger partial charge >= 0.3 is 0 Å². The van der Waals surface area contributed by atoms with Crippen LogP contribution in [-0.4, -0.2) is 13.4 Å². The molecule has 0 spiro atoms. The second-order valence-corrected chi connectivity index (χ2v) is 6.46. The summed E-state index contributed by atoms with van der Waals surface area (Å²) in [7, 11) is 1.67. The van der Waals surface area contributed by atoms with Crippen molar-refractivity contribution < 1.29 is 9.53 Å². The van der Waals surface area contributed by atoms with Crippen LogP contribution in [0.25, 0.3) is 5.57 Å². The van der Waals surface area contributed by atoms with Crippen LogP contribution in [0.2, 0.25) is 0 Å². The van der Waals surface area contributed by atoms with Crippen LogP contribution in [0.15, 0.2) is 66.3 Å². The van der Waals surface area contributed by atoms with Crippen LogP contribution in [0.4, 0.5) is 0 Å². The summed E-state index contributed by atoms with van der Waals surface area (Å²) in [5.74, 6) is 1.33. The predicted octanol–water partition coefficient (Wildman–Crippen LogP) is 4.56. The minimum Gasteiger partial charge on any atom is -0.497 e. The number of ether oxygens (including phenoxy) is 1. The van der Waals surface area contributed by atoms with E-state index in [0.717, 1.165) is 30.5 Å². The fourth-order valence-corrected chi connectivity index (χ4v) is 4.12. The molecule has 2 aliphatic rings. The zero-order valence-electron chi connectivity index (χ0n) is 13.7. The maximum absolute atomic E-state index is 11.7. The first-order chi connectivity index (χ1) is 11.8. The van der Waals surface area contributed by atoms with Crippen molar-refractivity contribution in [2.75, 3.05) is 7.11 Å². The number of fused-ring (bicyclic) bond motifs is 3. The van der Waals surface area contributed by atoms with E-state index >= 15 is 0 Å². The molecule has 2 aliphatic carbocycles. The molecule has 0 radical (unpaired) electrons. The number of methoxy groups -OCH3 is 1. The van der Waals surface area contributed by atoms with Crippen molar-refractivity contribution in [3.8, 4) is 5.75 Å². The third kappa shape index (κ3) is 2.39. The minimum absolute atomic E-state index is 0.127. The third-order valence-corrected chi connectivity index (χ3v) is 5.28. The topological polar surface area (TPSA) is 26.3 Å². The van der Waals surface area contributed by atoms with Crippen molar-refractivity contribution in [1.82, 2.24) is 0 Å². The Kier molecular flexibility index (Phi) is 3.81. The monoisotopic (exact) mass is 316 g/mol. The molecule has 0 N–H and O–H groups in total. The van der Waals surface area contributed by atoms with Gasteiger partial charge in [-0.2, -0.15) is 0 Å². The third-order valence-electron chi connectivity index (χ3n) is 5.28. The van der Waals surface area contributed by atoms with Crippen molar-refractivity contribution in [2.24, 2.45) is 5.92 Å². The van der Waals surface area contributed by atoms with Crippen LogP contribution < -0.4 is 4.74 Å². The Labute approximate surface area is 142 Å². The first-order valence-corrected chi connectivity index (χ1v) is 8.41. The lowest BCUT2D eigenvalue weighted by atomic mass is 9.67. The van der Waals surface area contributed by atoms with E-state index in [1.807, 2.05) is 18.2 Å². The van der Waals surface area contributed by atoms with Crippen LogP contribution in [0.5, 0.6) is 5.75 Å². The van der Waals surface area contributed by atoms with Gasteiger partial charge < -0.3 is 4.74 Å². The van der Waals surface area contributed by atoms with Crippen molar-refractivity contribution in [3.63, 3.8) is 0 Å². The molecule has 2 aromatic carbocycles. The van der Waals surface area contributed by atoms with E-state index < -0.39 is 0 Å². The number of hydrogen-bond acceptors (Lipinski definition) is 2. The summed E-state index contributed by atoms with van der Waals surface area (Å²) in [5, 5.41) is 0. The average Bonchev–Trinajstić information content (AvgIpc) is 2.67. The van der Waals surface area contributed by atoms with Gasteiger partial charge in [0, 0.05) is 5.92 Å². The molecule has 0 saturated heterocycles. The summed E-state index contributed by atoms with van der Waals surface area (Å²) in [4.78, 5) is 11.7. The number of carbonyl (C=O) groups excluding carboxylic acids is 1. The number of allylic oxidation sites excluding steroid dienone is 4. The van der Waals surface area contributed by atoms with Crippen molar-refractivity contribution in [3.05, 3.63) is 82.9 Å². The summed E-state index contributed by atoms with van der Waals surface area (Å²) in [6.07, 6.45) is 7.30. The minimum atomic E-state index is 0.127. The van der Waals surface area contributed by atoms with Gasteiger partial charge in [-0.3, -0.25) is 4.79 Å². The van der Waals surface area contributed by atoms with Gasteiger partial charge in [-0.25, -0.2) is 0 Å². The van der Waals surface area contributed by atoms with E-state index in [-0.39, 0.29) is 5.92 Å². The Hall–Kier alpha value is -2.61. The van der Waals surface area contributed by atoms with Gasteiger partial charge in [0.05, 0.1) is 7.11 Å². The quantitative estimate of drug-likeness (QED) is 0.776. The Morgan fingerprint density at radius 2 is 1.83 bits per heavy atom. The first kappa shape index (κ1) is 14.9. The smallest absolute Gasteiger partial charge is 0.146 e. The van der Waals surface area contributed by atoms with Crippen molar-refractivity contribution >= 4 is 11.9 Å². The molecule has 0 saturated carbocycles. The zero-order chi connectivity index (χ0) is 16.5. The molecule has 0 unspecified atom stereocenters. The summed E-state index contributed by atoms with van der Waals surface area (Å²) < 4.78 is 5.27. The van der Waals surface area contributed by atoms with Gasteiger partial charge in [0.1, 0.15) is 12.0 Å². The van der Waals surface area contributed by atoms with Crippen LogP contribution in [0.3, 0.4) is 0 Å². The fourth-order valence-electron chi connectivity index (χ4n) is 4.12. The number of benzene rings is 2. The van der Waals surface area contributed by atoms with E-state index in [1.54, 1.807) is 7.11 Å². The van der Waals surface area contributed by atoms with Gasteiger partial charge in [0.25, 0.3) is 0 Å². The van der Waals surface area contributed by atoms with Gasteiger partial charge in [-0.15, -0.1) is 0 Å². The summed E-state index contributed by atoms with van der Waals surface area (Å²) in [5.41, 5.74) is 6.17. The highest BCUT2D eigenvalue weighted by molar-refractivity contribution is 5.84. The molecule has 2 aromatic rings. The average molecular weight is 316 g/mol. The maximum atomic E-state index is 11.7. The molecule has 0 amide bonds. The van der Waals surface area contributed by atoms with Crippen LogP contribution in [-0.2, 0) is 11.2 Å². The molecule has 0 fully saturated rings. The molecule has 120 valence electrons. The number of rotatable bonds is 3. The van der Waals surface area contributed by atoms with Crippen LogP contribution >= 0.6 is 0 Å². The Balaban J connectivity index is 1.79. The largest absolute Gasteiger partial charge is 0.497 e.